The van der Waals surface area contributed by atoms with Crippen LogP contribution in [0.3, 0.4) is 0 Å². The summed E-state index contributed by atoms with van der Waals surface area (Å²) >= 11 is 0. The molecule has 1 atom stereocenters. The zero-order valence-electron chi connectivity index (χ0n) is 10.9. The van der Waals surface area contributed by atoms with Crippen molar-refractivity contribution in [3.05, 3.63) is 24.3 Å². The quantitative estimate of drug-likeness (QED) is 0.811. The molecule has 2 N–H and O–H groups in total. The van der Waals surface area contributed by atoms with Crippen molar-refractivity contribution in [1.82, 2.24) is 5.32 Å². The number of hydrogen-bond acceptors (Lipinski definition) is 3. The Balaban J connectivity index is 1.96. The molecule has 98 valence electrons. The number of hydrogen-bond donors (Lipinski definition) is 2. The molecule has 2 rings (SSSR count). The molecule has 0 saturated heterocycles. The van der Waals surface area contributed by atoms with E-state index in [4.69, 9.17) is 4.74 Å². The average Bonchev–Trinajstić information content (AvgIpc) is 3.16. The van der Waals surface area contributed by atoms with Gasteiger partial charge in [0.15, 0.2) is 0 Å². The average molecular weight is 248 g/mol. The van der Waals surface area contributed by atoms with E-state index >= 15 is 0 Å². The lowest BCUT2D eigenvalue weighted by molar-refractivity contribution is -0.121. The van der Waals surface area contributed by atoms with Crippen molar-refractivity contribution in [3.8, 4) is 5.75 Å². The van der Waals surface area contributed by atoms with Gasteiger partial charge < -0.3 is 15.4 Å². The Morgan fingerprint density at radius 2 is 2.17 bits per heavy atom. The summed E-state index contributed by atoms with van der Waals surface area (Å²) in [4.78, 5) is 11.9. The molecule has 1 fully saturated rings. The highest BCUT2D eigenvalue weighted by Gasteiger charge is 2.25. The second-order valence-corrected chi connectivity index (χ2v) is 4.58. The fraction of sp³-hybridized carbons (Fsp3) is 0.500. The molecule has 0 heterocycles. The maximum atomic E-state index is 11.9. The third-order valence-corrected chi connectivity index (χ3v) is 2.88. The predicted molar refractivity (Wildman–Crippen MR) is 71.9 cm³/mol. The van der Waals surface area contributed by atoms with Crippen molar-refractivity contribution in [2.45, 2.75) is 38.8 Å². The van der Waals surface area contributed by atoms with Crippen LogP contribution in [-0.2, 0) is 4.79 Å². The Kier molecular flexibility index (Phi) is 4.07. The topological polar surface area (TPSA) is 50.4 Å². The molecule has 1 aromatic carbocycles. The lowest BCUT2D eigenvalue weighted by Gasteiger charge is -2.17. The third-order valence-electron chi connectivity index (χ3n) is 2.88. The molecule has 0 aliphatic heterocycles. The van der Waals surface area contributed by atoms with Crippen LogP contribution in [0.2, 0.25) is 0 Å². The Labute approximate surface area is 108 Å². The number of amides is 1. The smallest absolute Gasteiger partial charge is 0.242 e. The number of benzene rings is 1. The highest BCUT2D eigenvalue weighted by Crippen LogP contribution is 2.24. The molecule has 1 aliphatic rings. The van der Waals surface area contributed by atoms with E-state index < -0.39 is 0 Å². The van der Waals surface area contributed by atoms with Gasteiger partial charge in [0, 0.05) is 6.04 Å². The molecule has 4 heteroatoms. The highest BCUT2D eigenvalue weighted by molar-refractivity contribution is 5.85. The summed E-state index contributed by atoms with van der Waals surface area (Å²) in [7, 11) is 0. The molecule has 4 nitrogen and oxygen atoms in total. The van der Waals surface area contributed by atoms with Crippen LogP contribution in [-0.4, -0.2) is 24.6 Å². The standard InChI is InChI=1S/C14H20N2O2/c1-3-18-13-7-5-4-6-12(13)15-10(2)14(17)16-11-8-9-11/h4-7,10-11,15H,3,8-9H2,1-2H3,(H,16,17)/t10-/m0/s1. The van der Waals surface area contributed by atoms with Gasteiger partial charge in [-0.15, -0.1) is 0 Å². The van der Waals surface area contributed by atoms with Gasteiger partial charge in [-0.1, -0.05) is 12.1 Å². The second kappa shape index (κ2) is 5.76. The molecule has 1 aromatic rings. The van der Waals surface area contributed by atoms with Crippen LogP contribution in [0.5, 0.6) is 5.75 Å². The van der Waals surface area contributed by atoms with E-state index in [-0.39, 0.29) is 11.9 Å². The first-order valence-corrected chi connectivity index (χ1v) is 6.49. The number of carbonyl (C=O) groups excluding carboxylic acids is 1. The maximum Gasteiger partial charge on any atom is 0.242 e. The summed E-state index contributed by atoms with van der Waals surface area (Å²) < 4.78 is 5.52. The van der Waals surface area contributed by atoms with Crippen molar-refractivity contribution in [3.63, 3.8) is 0 Å². The van der Waals surface area contributed by atoms with Gasteiger partial charge in [0.2, 0.25) is 5.91 Å². The minimum Gasteiger partial charge on any atom is -0.492 e. The zero-order valence-corrected chi connectivity index (χ0v) is 10.9. The lowest BCUT2D eigenvalue weighted by Crippen LogP contribution is -2.38. The summed E-state index contributed by atoms with van der Waals surface area (Å²) in [5, 5.41) is 6.17. The summed E-state index contributed by atoms with van der Waals surface area (Å²) in [6.07, 6.45) is 2.21. The van der Waals surface area contributed by atoms with Crippen molar-refractivity contribution >= 4 is 11.6 Å². The molecular weight excluding hydrogens is 228 g/mol. The molecule has 1 amide bonds. The van der Waals surface area contributed by atoms with E-state index in [2.05, 4.69) is 10.6 Å². The summed E-state index contributed by atoms with van der Waals surface area (Å²) in [6.45, 7) is 4.42. The van der Waals surface area contributed by atoms with Crippen LogP contribution >= 0.6 is 0 Å². The molecule has 0 bridgehead atoms. The SMILES string of the molecule is CCOc1ccccc1N[C@@H](C)C(=O)NC1CC1. The summed E-state index contributed by atoms with van der Waals surface area (Å²) in [6, 6.07) is 7.81. The number of ether oxygens (including phenoxy) is 1. The number of nitrogens with one attached hydrogen (secondary N) is 2. The molecule has 0 radical (unpaired) electrons. The van der Waals surface area contributed by atoms with E-state index in [1.165, 1.54) is 0 Å². The van der Waals surface area contributed by atoms with Crippen LogP contribution in [0.25, 0.3) is 0 Å². The van der Waals surface area contributed by atoms with Crippen LogP contribution < -0.4 is 15.4 Å². The van der Waals surface area contributed by atoms with Gasteiger partial charge in [-0.2, -0.15) is 0 Å². The Bertz CT molecular complexity index is 416. The normalized spacial score (nSPS) is 15.9. The first-order chi connectivity index (χ1) is 8.70. The van der Waals surface area contributed by atoms with Gasteiger partial charge in [0.05, 0.1) is 12.3 Å². The van der Waals surface area contributed by atoms with Crippen LogP contribution in [0.4, 0.5) is 5.69 Å². The Morgan fingerprint density at radius 1 is 1.44 bits per heavy atom. The van der Waals surface area contributed by atoms with E-state index in [0.29, 0.717) is 12.6 Å². The predicted octanol–water partition coefficient (Wildman–Crippen LogP) is 2.16. The third kappa shape index (κ3) is 3.39. The van der Waals surface area contributed by atoms with Crippen molar-refractivity contribution in [2.24, 2.45) is 0 Å². The number of anilines is 1. The molecule has 0 aromatic heterocycles. The first-order valence-electron chi connectivity index (χ1n) is 6.49. The zero-order chi connectivity index (χ0) is 13.0. The van der Waals surface area contributed by atoms with Crippen molar-refractivity contribution in [2.75, 3.05) is 11.9 Å². The fourth-order valence-corrected chi connectivity index (χ4v) is 1.72. The largest absolute Gasteiger partial charge is 0.492 e. The van der Waals surface area contributed by atoms with E-state index in [0.717, 1.165) is 24.3 Å². The van der Waals surface area contributed by atoms with E-state index in [1.807, 2.05) is 38.1 Å². The second-order valence-electron chi connectivity index (χ2n) is 4.58. The van der Waals surface area contributed by atoms with Gasteiger partial charge in [-0.3, -0.25) is 4.79 Å². The van der Waals surface area contributed by atoms with Crippen LogP contribution in [0.1, 0.15) is 26.7 Å². The molecule has 18 heavy (non-hydrogen) atoms. The van der Waals surface area contributed by atoms with Gasteiger partial charge in [-0.05, 0) is 38.8 Å². The Morgan fingerprint density at radius 3 is 2.83 bits per heavy atom. The van der Waals surface area contributed by atoms with Gasteiger partial charge >= 0.3 is 0 Å². The van der Waals surface area contributed by atoms with Crippen molar-refractivity contribution < 1.29 is 9.53 Å². The molecule has 0 unspecified atom stereocenters. The molecular formula is C14H20N2O2. The Hall–Kier alpha value is -1.71. The van der Waals surface area contributed by atoms with E-state index in [9.17, 15) is 4.79 Å². The number of carbonyl (C=O) groups is 1. The van der Waals surface area contributed by atoms with Gasteiger partial charge in [0.1, 0.15) is 11.8 Å². The van der Waals surface area contributed by atoms with E-state index in [1.54, 1.807) is 0 Å². The van der Waals surface area contributed by atoms with Crippen molar-refractivity contribution in [1.29, 1.82) is 0 Å². The van der Waals surface area contributed by atoms with Crippen LogP contribution in [0, 0.1) is 0 Å². The monoisotopic (exact) mass is 248 g/mol. The fourth-order valence-electron chi connectivity index (χ4n) is 1.72. The molecule has 1 aliphatic carbocycles. The molecule has 0 spiro atoms. The summed E-state index contributed by atoms with van der Waals surface area (Å²) in [5.74, 6) is 0.829. The first kappa shape index (κ1) is 12.7. The minimum absolute atomic E-state index is 0.0452. The number of para-hydroxylation sites is 2. The minimum atomic E-state index is -0.257. The van der Waals surface area contributed by atoms with Crippen LogP contribution in [0.15, 0.2) is 24.3 Å². The van der Waals surface area contributed by atoms with Gasteiger partial charge in [0.25, 0.3) is 0 Å². The lowest BCUT2D eigenvalue weighted by atomic mass is 10.2. The summed E-state index contributed by atoms with van der Waals surface area (Å²) in [5.41, 5.74) is 0.859. The van der Waals surface area contributed by atoms with Gasteiger partial charge in [-0.25, -0.2) is 0 Å². The number of rotatable bonds is 6. The highest BCUT2D eigenvalue weighted by atomic mass is 16.5. The maximum absolute atomic E-state index is 11.9. The molecule has 1 saturated carbocycles.